The number of aromatic nitrogens is 1. The van der Waals surface area contributed by atoms with Crippen LogP contribution in [0, 0.1) is 3.70 Å². The fraction of sp³-hybridized carbons (Fsp3) is 0.286. The molecular weight excluding hydrogens is 277 g/mol. The first-order chi connectivity index (χ1) is 5.65. The van der Waals surface area contributed by atoms with Gasteiger partial charge in [-0.3, -0.25) is 0 Å². The first kappa shape index (κ1) is 9.79. The molecule has 0 radical (unpaired) electrons. The quantitative estimate of drug-likeness (QED) is 0.667. The van der Waals surface area contributed by atoms with Gasteiger partial charge in [-0.05, 0) is 34.2 Å². The third kappa shape index (κ3) is 2.10. The monoisotopic (exact) mass is 284 g/mol. The van der Waals surface area contributed by atoms with Crippen LogP contribution in [-0.2, 0) is 6.54 Å². The second-order valence-electron chi connectivity index (χ2n) is 2.23. The molecule has 0 unspecified atom stereocenters. The SMILES string of the molecule is NCc1cnc(I)c(C(F)F)c1. The van der Waals surface area contributed by atoms with Crippen LogP contribution in [0.3, 0.4) is 0 Å². The van der Waals surface area contributed by atoms with E-state index < -0.39 is 6.43 Å². The zero-order valence-corrected chi connectivity index (χ0v) is 8.26. The molecule has 1 aromatic rings. The van der Waals surface area contributed by atoms with Gasteiger partial charge in [-0.15, -0.1) is 0 Å². The zero-order chi connectivity index (χ0) is 9.14. The highest BCUT2D eigenvalue weighted by Crippen LogP contribution is 2.23. The van der Waals surface area contributed by atoms with Crippen molar-refractivity contribution in [2.75, 3.05) is 0 Å². The van der Waals surface area contributed by atoms with E-state index >= 15 is 0 Å². The van der Waals surface area contributed by atoms with E-state index in [1.54, 1.807) is 22.6 Å². The molecule has 66 valence electrons. The first-order valence-electron chi connectivity index (χ1n) is 3.27. The van der Waals surface area contributed by atoms with Gasteiger partial charge in [0.2, 0.25) is 0 Å². The van der Waals surface area contributed by atoms with Crippen molar-refractivity contribution in [3.8, 4) is 0 Å². The fourth-order valence-electron chi connectivity index (χ4n) is 0.775. The highest BCUT2D eigenvalue weighted by Gasteiger charge is 2.12. The van der Waals surface area contributed by atoms with Crippen LogP contribution in [0.4, 0.5) is 8.78 Å². The smallest absolute Gasteiger partial charge is 0.266 e. The number of alkyl halides is 2. The van der Waals surface area contributed by atoms with E-state index in [9.17, 15) is 8.78 Å². The Hall–Kier alpha value is -0.300. The summed E-state index contributed by atoms with van der Waals surface area (Å²) in [6.07, 6.45) is -0.968. The largest absolute Gasteiger partial charge is 0.326 e. The summed E-state index contributed by atoms with van der Waals surface area (Å²) in [5, 5.41) is 0. The molecular formula is C7H7F2IN2. The first-order valence-corrected chi connectivity index (χ1v) is 4.35. The molecule has 0 saturated carbocycles. The topological polar surface area (TPSA) is 38.9 Å². The van der Waals surface area contributed by atoms with Crippen LogP contribution in [0.25, 0.3) is 0 Å². The Bertz CT molecular complexity index is 278. The number of hydrogen-bond donors (Lipinski definition) is 1. The molecule has 1 heterocycles. The van der Waals surface area contributed by atoms with Crippen LogP contribution in [0.5, 0.6) is 0 Å². The summed E-state index contributed by atoms with van der Waals surface area (Å²) in [5.74, 6) is 0. The summed E-state index contributed by atoms with van der Waals surface area (Å²) in [6.45, 7) is 0.240. The minimum atomic E-state index is -2.48. The van der Waals surface area contributed by atoms with Crippen LogP contribution in [0.2, 0.25) is 0 Å². The molecule has 0 amide bonds. The van der Waals surface area contributed by atoms with Gasteiger partial charge in [0, 0.05) is 18.3 Å². The van der Waals surface area contributed by atoms with Gasteiger partial charge in [-0.25, -0.2) is 13.8 Å². The summed E-state index contributed by atoms with van der Waals surface area (Å²) in [7, 11) is 0. The van der Waals surface area contributed by atoms with E-state index in [1.165, 1.54) is 12.3 Å². The van der Waals surface area contributed by atoms with E-state index in [4.69, 9.17) is 5.73 Å². The van der Waals surface area contributed by atoms with Crippen LogP contribution in [-0.4, -0.2) is 4.98 Å². The summed E-state index contributed by atoms with van der Waals surface area (Å²) < 4.78 is 24.9. The number of hydrogen-bond acceptors (Lipinski definition) is 2. The van der Waals surface area contributed by atoms with Crippen molar-refractivity contribution in [2.45, 2.75) is 13.0 Å². The fourth-order valence-corrected chi connectivity index (χ4v) is 1.31. The molecule has 0 aliphatic carbocycles. The van der Waals surface area contributed by atoms with Gasteiger partial charge in [0.15, 0.2) is 0 Å². The van der Waals surface area contributed by atoms with Crippen molar-refractivity contribution in [3.05, 3.63) is 27.1 Å². The van der Waals surface area contributed by atoms with Crippen LogP contribution >= 0.6 is 22.6 Å². The van der Waals surface area contributed by atoms with E-state index in [0.29, 0.717) is 9.26 Å². The molecule has 0 fully saturated rings. The average Bonchev–Trinajstić information content (AvgIpc) is 2.05. The minimum absolute atomic E-state index is 0.0430. The highest BCUT2D eigenvalue weighted by molar-refractivity contribution is 14.1. The normalized spacial score (nSPS) is 10.8. The summed E-state index contributed by atoms with van der Waals surface area (Å²) >= 11 is 1.78. The number of halogens is 3. The predicted octanol–water partition coefficient (Wildman–Crippen LogP) is 2.08. The molecule has 5 heteroatoms. The van der Waals surface area contributed by atoms with E-state index in [2.05, 4.69) is 4.98 Å². The highest BCUT2D eigenvalue weighted by atomic mass is 127. The Kier molecular flexibility index (Phi) is 3.33. The van der Waals surface area contributed by atoms with Crippen LogP contribution in [0.15, 0.2) is 12.3 Å². The molecule has 0 saturated heterocycles. The lowest BCUT2D eigenvalue weighted by Crippen LogP contribution is -2.01. The molecule has 0 aliphatic heterocycles. The van der Waals surface area contributed by atoms with Gasteiger partial charge in [0.05, 0.1) is 0 Å². The maximum Gasteiger partial charge on any atom is 0.266 e. The van der Waals surface area contributed by atoms with E-state index in [-0.39, 0.29) is 12.1 Å². The molecule has 0 bridgehead atoms. The summed E-state index contributed by atoms with van der Waals surface area (Å²) in [5.41, 5.74) is 5.87. The second-order valence-corrected chi connectivity index (χ2v) is 3.25. The van der Waals surface area contributed by atoms with Crippen LogP contribution in [0.1, 0.15) is 17.6 Å². The van der Waals surface area contributed by atoms with Crippen LogP contribution < -0.4 is 5.73 Å². The molecule has 1 aromatic heterocycles. The number of nitrogens with zero attached hydrogens (tertiary/aromatic N) is 1. The summed E-state index contributed by atoms with van der Waals surface area (Å²) in [6, 6.07) is 1.39. The van der Waals surface area contributed by atoms with Crippen molar-refractivity contribution in [2.24, 2.45) is 5.73 Å². The molecule has 0 aliphatic rings. The summed E-state index contributed by atoms with van der Waals surface area (Å²) in [4.78, 5) is 3.80. The third-order valence-corrected chi connectivity index (χ3v) is 2.29. The maximum absolute atomic E-state index is 12.3. The Morgan fingerprint density at radius 2 is 2.25 bits per heavy atom. The van der Waals surface area contributed by atoms with Gasteiger partial charge in [0.25, 0.3) is 6.43 Å². The van der Waals surface area contributed by atoms with E-state index in [1.807, 2.05) is 0 Å². The maximum atomic E-state index is 12.3. The molecule has 0 aromatic carbocycles. The van der Waals surface area contributed by atoms with Crippen molar-refractivity contribution in [3.63, 3.8) is 0 Å². The Morgan fingerprint density at radius 3 is 2.75 bits per heavy atom. The lowest BCUT2D eigenvalue weighted by molar-refractivity contribution is 0.149. The lowest BCUT2D eigenvalue weighted by atomic mass is 10.2. The zero-order valence-electron chi connectivity index (χ0n) is 6.10. The molecule has 12 heavy (non-hydrogen) atoms. The molecule has 0 spiro atoms. The molecule has 2 N–H and O–H groups in total. The molecule has 1 rings (SSSR count). The van der Waals surface area contributed by atoms with Crippen molar-refractivity contribution >= 4 is 22.6 Å². The van der Waals surface area contributed by atoms with Crippen molar-refractivity contribution in [1.82, 2.24) is 4.98 Å². The van der Waals surface area contributed by atoms with Crippen molar-refractivity contribution in [1.29, 1.82) is 0 Å². The van der Waals surface area contributed by atoms with Crippen molar-refractivity contribution < 1.29 is 8.78 Å². The third-order valence-electron chi connectivity index (χ3n) is 1.39. The Labute approximate surface area is 82.3 Å². The van der Waals surface area contributed by atoms with Gasteiger partial charge in [0.1, 0.15) is 3.70 Å². The Morgan fingerprint density at radius 1 is 1.58 bits per heavy atom. The second kappa shape index (κ2) is 4.08. The number of rotatable bonds is 2. The van der Waals surface area contributed by atoms with Gasteiger partial charge in [-0.2, -0.15) is 0 Å². The van der Waals surface area contributed by atoms with E-state index in [0.717, 1.165) is 0 Å². The number of nitrogens with two attached hydrogens (primary N) is 1. The van der Waals surface area contributed by atoms with Gasteiger partial charge in [-0.1, -0.05) is 0 Å². The van der Waals surface area contributed by atoms with Gasteiger partial charge < -0.3 is 5.73 Å². The average molecular weight is 284 g/mol. The number of pyridine rings is 1. The Balaban J connectivity index is 3.08. The molecule has 0 atom stereocenters. The predicted molar refractivity (Wildman–Crippen MR) is 49.8 cm³/mol. The molecule has 2 nitrogen and oxygen atoms in total. The lowest BCUT2D eigenvalue weighted by Gasteiger charge is -2.03. The standard InChI is InChI=1S/C7H7F2IN2/c8-6(9)5-1-4(2-11)3-12-7(5)10/h1,3,6H,2,11H2. The minimum Gasteiger partial charge on any atom is -0.326 e. The van der Waals surface area contributed by atoms with Gasteiger partial charge >= 0.3 is 0 Å².